The zero-order valence-corrected chi connectivity index (χ0v) is 14.7. The molecular weight excluding hydrogens is 322 g/mol. The van der Waals surface area contributed by atoms with E-state index in [9.17, 15) is 0 Å². The van der Waals surface area contributed by atoms with Gasteiger partial charge in [-0.3, -0.25) is 10.00 Å². The van der Waals surface area contributed by atoms with E-state index < -0.39 is 6.04 Å². The van der Waals surface area contributed by atoms with Gasteiger partial charge in [0.25, 0.3) is 0 Å². The molecule has 1 atom stereocenters. The summed E-state index contributed by atoms with van der Waals surface area (Å²) >= 11 is 0. The molecule has 1 saturated heterocycles. The molecule has 2 aromatic rings. The third-order valence-electron chi connectivity index (χ3n) is 4.36. The second kappa shape index (κ2) is 8.28. The highest BCUT2D eigenvalue weighted by Gasteiger charge is 2.17. The predicted molar refractivity (Wildman–Crippen MR) is 92.9 cm³/mol. The lowest BCUT2D eigenvalue weighted by Crippen LogP contribution is -2.37. The van der Waals surface area contributed by atoms with Crippen molar-refractivity contribution >= 4 is 0 Å². The molecule has 8 nitrogen and oxygen atoms in total. The van der Waals surface area contributed by atoms with Gasteiger partial charge in [-0.2, -0.15) is 5.10 Å². The third-order valence-corrected chi connectivity index (χ3v) is 4.36. The Morgan fingerprint density at radius 3 is 2.72 bits per heavy atom. The minimum absolute atomic E-state index is 0.423. The van der Waals surface area contributed by atoms with Gasteiger partial charge < -0.3 is 19.9 Å². The van der Waals surface area contributed by atoms with Crippen LogP contribution in [-0.2, 0) is 11.2 Å². The SMILES string of the molecule is COc1ccc([C@H](N)c2n[nH]c(CCN3CCOCC3)n2)cc1OC. The number of nitrogens with two attached hydrogens (primary N) is 1. The molecule has 2 heterocycles. The first-order chi connectivity index (χ1) is 12.2. The molecule has 3 rings (SSSR count). The van der Waals surface area contributed by atoms with E-state index in [1.807, 2.05) is 18.2 Å². The molecule has 0 aliphatic carbocycles. The number of ether oxygens (including phenoxy) is 3. The Balaban J connectivity index is 1.64. The van der Waals surface area contributed by atoms with Gasteiger partial charge in [0.1, 0.15) is 5.82 Å². The van der Waals surface area contributed by atoms with Crippen LogP contribution in [-0.4, -0.2) is 67.1 Å². The van der Waals surface area contributed by atoms with Crippen LogP contribution < -0.4 is 15.2 Å². The molecule has 3 N–H and O–H groups in total. The summed E-state index contributed by atoms with van der Waals surface area (Å²) in [5, 5.41) is 7.27. The molecule has 0 radical (unpaired) electrons. The fourth-order valence-electron chi connectivity index (χ4n) is 2.85. The second-order valence-electron chi connectivity index (χ2n) is 5.94. The van der Waals surface area contributed by atoms with Crippen LogP contribution in [0, 0.1) is 0 Å². The van der Waals surface area contributed by atoms with Gasteiger partial charge in [-0.15, -0.1) is 0 Å². The molecule has 1 aromatic carbocycles. The molecule has 1 aliphatic rings. The summed E-state index contributed by atoms with van der Waals surface area (Å²) in [5.74, 6) is 2.72. The Hall–Kier alpha value is -2.16. The number of nitrogens with zero attached hydrogens (tertiary/aromatic N) is 3. The number of morpholine rings is 1. The predicted octanol–water partition coefficient (Wildman–Crippen LogP) is 0.745. The minimum atomic E-state index is -0.423. The number of nitrogens with one attached hydrogen (secondary N) is 1. The van der Waals surface area contributed by atoms with Crippen molar-refractivity contribution in [3.8, 4) is 11.5 Å². The fourth-order valence-corrected chi connectivity index (χ4v) is 2.85. The van der Waals surface area contributed by atoms with Crippen molar-refractivity contribution in [1.82, 2.24) is 20.1 Å². The standard InChI is InChI=1S/C17H25N5O3/c1-23-13-4-3-12(11-14(13)24-2)16(18)17-19-15(20-21-17)5-6-22-7-9-25-10-8-22/h3-4,11,16H,5-10,18H2,1-2H3,(H,19,20,21)/t16-/m0/s1. The Labute approximate surface area is 147 Å². The molecule has 0 spiro atoms. The zero-order chi connectivity index (χ0) is 17.6. The first-order valence-electron chi connectivity index (χ1n) is 8.40. The molecule has 0 bridgehead atoms. The van der Waals surface area contributed by atoms with E-state index in [1.54, 1.807) is 14.2 Å². The lowest BCUT2D eigenvalue weighted by molar-refractivity contribution is 0.0382. The number of aromatic nitrogens is 3. The second-order valence-corrected chi connectivity index (χ2v) is 5.94. The highest BCUT2D eigenvalue weighted by Crippen LogP contribution is 2.30. The summed E-state index contributed by atoms with van der Waals surface area (Å²) in [5.41, 5.74) is 7.19. The molecule has 0 amide bonds. The van der Waals surface area contributed by atoms with Crippen molar-refractivity contribution in [2.24, 2.45) is 5.73 Å². The van der Waals surface area contributed by atoms with E-state index >= 15 is 0 Å². The quantitative estimate of drug-likeness (QED) is 0.762. The van der Waals surface area contributed by atoms with Crippen LogP contribution in [0.2, 0.25) is 0 Å². The van der Waals surface area contributed by atoms with Crippen molar-refractivity contribution in [2.45, 2.75) is 12.5 Å². The van der Waals surface area contributed by atoms with Gasteiger partial charge in [0, 0.05) is 26.1 Å². The van der Waals surface area contributed by atoms with E-state index in [4.69, 9.17) is 19.9 Å². The number of methoxy groups -OCH3 is 2. The largest absolute Gasteiger partial charge is 0.493 e. The number of rotatable bonds is 7. The highest BCUT2D eigenvalue weighted by molar-refractivity contribution is 5.44. The Morgan fingerprint density at radius 2 is 2.00 bits per heavy atom. The van der Waals surface area contributed by atoms with E-state index in [2.05, 4.69) is 20.1 Å². The molecule has 0 saturated carbocycles. The van der Waals surface area contributed by atoms with E-state index in [0.29, 0.717) is 17.3 Å². The number of hydrogen-bond donors (Lipinski definition) is 2. The van der Waals surface area contributed by atoms with Crippen LogP contribution in [0.5, 0.6) is 11.5 Å². The van der Waals surface area contributed by atoms with Crippen molar-refractivity contribution in [3.05, 3.63) is 35.4 Å². The van der Waals surface area contributed by atoms with Gasteiger partial charge in [-0.05, 0) is 17.7 Å². The molecule has 1 fully saturated rings. The molecule has 1 aliphatic heterocycles. The summed E-state index contributed by atoms with van der Waals surface area (Å²) in [6.07, 6.45) is 0.811. The maximum Gasteiger partial charge on any atom is 0.171 e. The van der Waals surface area contributed by atoms with Gasteiger partial charge in [0.15, 0.2) is 17.3 Å². The Kier molecular flexibility index (Phi) is 5.85. The molecular formula is C17H25N5O3. The van der Waals surface area contributed by atoms with Crippen LogP contribution in [0.3, 0.4) is 0 Å². The van der Waals surface area contributed by atoms with Gasteiger partial charge >= 0.3 is 0 Å². The summed E-state index contributed by atoms with van der Waals surface area (Å²) < 4.78 is 15.9. The monoisotopic (exact) mass is 347 g/mol. The highest BCUT2D eigenvalue weighted by atomic mass is 16.5. The molecule has 8 heteroatoms. The van der Waals surface area contributed by atoms with Crippen LogP contribution in [0.1, 0.15) is 23.3 Å². The maximum absolute atomic E-state index is 6.32. The third kappa shape index (κ3) is 4.28. The molecule has 1 aromatic heterocycles. The van der Waals surface area contributed by atoms with E-state index in [-0.39, 0.29) is 0 Å². The summed E-state index contributed by atoms with van der Waals surface area (Å²) in [6, 6.07) is 5.16. The van der Waals surface area contributed by atoms with Crippen molar-refractivity contribution in [2.75, 3.05) is 47.1 Å². The van der Waals surface area contributed by atoms with Crippen molar-refractivity contribution in [1.29, 1.82) is 0 Å². The molecule has 25 heavy (non-hydrogen) atoms. The van der Waals surface area contributed by atoms with Crippen LogP contribution in [0.25, 0.3) is 0 Å². The maximum atomic E-state index is 6.32. The topological polar surface area (TPSA) is 98.5 Å². The van der Waals surface area contributed by atoms with Crippen molar-refractivity contribution < 1.29 is 14.2 Å². The van der Waals surface area contributed by atoms with Gasteiger partial charge in [-0.25, -0.2) is 4.98 Å². The van der Waals surface area contributed by atoms with Gasteiger partial charge in [0.2, 0.25) is 0 Å². The number of benzene rings is 1. The number of hydrogen-bond acceptors (Lipinski definition) is 7. The normalized spacial score (nSPS) is 16.6. The fraction of sp³-hybridized carbons (Fsp3) is 0.529. The first kappa shape index (κ1) is 17.7. The number of aromatic amines is 1. The Morgan fingerprint density at radius 1 is 1.24 bits per heavy atom. The number of H-pyrrole nitrogens is 1. The minimum Gasteiger partial charge on any atom is -0.493 e. The zero-order valence-electron chi connectivity index (χ0n) is 14.7. The van der Waals surface area contributed by atoms with Crippen molar-refractivity contribution in [3.63, 3.8) is 0 Å². The van der Waals surface area contributed by atoms with Crippen LogP contribution in [0.4, 0.5) is 0 Å². The molecule has 136 valence electrons. The molecule has 0 unspecified atom stereocenters. The first-order valence-corrected chi connectivity index (χ1v) is 8.40. The lowest BCUT2D eigenvalue weighted by atomic mass is 10.1. The average molecular weight is 347 g/mol. The Bertz CT molecular complexity index is 685. The van der Waals surface area contributed by atoms with E-state index in [1.165, 1.54) is 0 Å². The lowest BCUT2D eigenvalue weighted by Gasteiger charge is -2.25. The van der Waals surface area contributed by atoms with Gasteiger partial charge in [0.05, 0.1) is 33.5 Å². The smallest absolute Gasteiger partial charge is 0.171 e. The van der Waals surface area contributed by atoms with Gasteiger partial charge in [-0.1, -0.05) is 6.07 Å². The van der Waals surface area contributed by atoms with Crippen LogP contribution >= 0.6 is 0 Å². The summed E-state index contributed by atoms with van der Waals surface area (Å²) in [7, 11) is 3.21. The summed E-state index contributed by atoms with van der Waals surface area (Å²) in [6.45, 7) is 4.46. The van der Waals surface area contributed by atoms with Crippen LogP contribution in [0.15, 0.2) is 18.2 Å². The van der Waals surface area contributed by atoms with E-state index in [0.717, 1.165) is 50.7 Å². The average Bonchev–Trinajstić information content (AvgIpc) is 3.15. The summed E-state index contributed by atoms with van der Waals surface area (Å²) in [4.78, 5) is 6.91.